The number of carbonyl (C=O) groups is 1. The number of nitrogens with one attached hydrogen (secondary N) is 1. The molecule has 1 atom stereocenters. The number of benzene rings is 1. The summed E-state index contributed by atoms with van der Waals surface area (Å²) in [5.41, 5.74) is 1.50. The van der Waals surface area contributed by atoms with E-state index in [9.17, 15) is 4.79 Å². The van der Waals surface area contributed by atoms with Gasteiger partial charge in [-0.3, -0.25) is 9.48 Å². The monoisotopic (exact) mass is 348 g/mol. The Morgan fingerprint density at radius 3 is 2.62 bits per heavy atom. The number of halogens is 1. The van der Waals surface area contributed by atoms with E-state index >= 15 is 0 Å². The van der Waals surface area contributed by atoms with E-state index in [0.717, 1.165) is 31.5 Å². The molecule has 5 nitrogen and oxygen atoms in total. The third-order valence-corrected chi connectivity index (χ3v) is 4.02. The first kappa shape index (κ1) is 18.5. The number of hydrogen-bond donors (Lipinski definition) is 1. The third kappa shape index (κ3) is 5.35. The Bertz CT molecular complexity index is 651. The first-order valence-corrected chi connectivity index (χ1v) is 8.62. The predicted molar refractivity (Wildman–Crippen MR) is 97.3 cm³/mol. The fourth-order valence-corrected chi connectivity index (χ4v) is 2.60. The maximum atomic E-state index is 12.5. The summed E-state index contributed by atoms with van der Waals surface area (Å²) in [5.74, 6) is -0.149. The minimum atomic E-state index is -0.149. The Hall–Kier alpha value is -1.85. The van der Waals surface area contributed by atoms with Gasteiger partial charge in [-0.25, -0.2) is 0 Å². The van der Waals surface area contributed by atoms with Crippen LogP contribution in [0, 0.1) is 0 Å². The lowest BCUT2D eigenvalue weighted by Gasteiger charge is -2.21. The van der Waals surface area contributed by atoms with Gasteiger partial charge >= 0.3 is 0 Å². The van der Waals surface area contributed by atoms with Crippen LogP contribution in [-0.4, -0.2) is 41.2 Å². The average molecular weight is 349 g/mol. The number of rotatable bonds is 8. The summed E-state index contributed by atoms with van der Waals surface area (Å²) in [4.78, 5) is 14.6. The summed E-state index contributed by atoms with van der Waals surface area (Å²) in [6.07, 6.45) is 3.64. The zero-order valence-electron chi connectivity index (χ0n) is 14.5. The molecule has 1 N–H and O–H groups in total. The third-order valence-electron chi connectivity index (χ3n) is 3.77. The Morgan fingerprint density at radius 1 is 1.29 bits per heavy atom. The van der Waals surface area contributed by atoms with Crippen molar-refractivity contribution in [2.24, 2.45) is 0 Å². The minimum Gasteiger partial charge on any atom is -0.344 e. The molecular formula is C18H25ClN4O. The Labute approximate surface area is 148 Å². The largest absolute Gasteiger partial charge is 0.344 e. The molecule has 0 bridgehead atoms. The summed E-state index contributed by atoms with van der Waals surface area (Å²) < 4.78 is 1.80. The first-order chi connectivity index (χ1) is 11.5. The quantitative estimate of drug-likeness (QED) is 0.795. The molecule has 1 heterocycles. The highest BCUT2D eigenvalue weighted by atomic mass is 35.5. The minimum absolute atomic E-state index is 0.0755. The first-order valence-electron chi connectivity index (χ1n) is 8.24. The molecule has 0 saturated heterocycles. The number of aromatic nitrogens is 2. The van der Waals surface area contributed by atoms with Crippen LogP contribution in [0.1, 0.15) is 41.9 Å². The van der Waals surface area contributed by atoms with E-state index in [1.165, 1.54) is 0 Å². The molecule has 0 aliphatic carbocycles. The van der Waals surface area contributed by atoms with Gasteiger partial charge in [-0.1, -0.05) is 30.7 Å². The molecule has 1 unspecified atom stereocenters. The molecule has 2 aromatic rings. The molecule has 0 aliphatic rings. The van der Waals surface area contributed by atoms with Crippen LogP contribution >= 0.6 is 11.6 Å². The van der Waals surface area contributed by atoms with Gasteiger partial charge < -0.3 is 10.2 Å². The number of amides is 1. The van der Waals surface area contributed by atoms with Gasteiger partial charge in [-0.15, -0.1) is 0 Å². The lowest BCUT2D eigenvalue weighted by Crippen LogP contribution is -2.31. The molecule has 0 radical (unpaired) electrons. The van der Waals surface area contributed by atoms with Crippen molar-refractivity contribution in [1.82, 2.24) is 20.0 Å². The molecule has 0 spiro atoms. The van der Waals surface area contributed by atoms with Crippen LogP contribution < -0.4 is 5.32 Å². The van der Waals surface area contributed by atoms with E-state index in [1.54, 1.807) is 10.7 Å². The van der Waals surface area contributed by atoms with Crippen LogP contribution in [0.2, 0.25) is 5.02 Å². The normalized spacial score (nSPS) is 12.4. The van der Waals surface area contributed by atoms with E-state index in [1.807, 2.05) is 44.6 Å². The molecule has 1 amide bonds. The van der Waals surface area contributed by atoms with E-state index in [-0.39, 0.29) is 11.9 Å². The molecule has 0 fully saturated rings. The SMILES string of the molecule is CCCn1ccc(C(=O)NC(CCN(C)C)c2ccc(Cl)cc2)n1. The van der Waals surface area contributed by atoms with Gasteiger partial charge in [0.1, 0.15) is 5.69 Å². The Balaban J connectivity index is 2.10. The summed E-state index contributed by atoms with van der Waals surface area (Å²) in [7, 11) is 4.04. The second kappa shape index (κ2) is 8.85. The van der Waals surface area contributed by atoms with Crippen molar-refractivity contribution in [2.45, 2.75) is 32.4 Å². The maximum Gasteiger partial charge on any atom is 0.272 e. The molecule has 6 heteroatoms. The van der Waals surface area contributed by atoms with E-state index in [0.29, 0.717) is 10.7 Å². The number of hydrogen-bond acceptors (Lipinski definition) is 3. The molecule has 24 heavy (non-hydrogen) atoms. The van der Waals surface area contributed by atoms with Crippen molar-refractivity contribution in [2.75, 3.05) is 20.6 Å². The molecule has 2 rings (SSSR count). The Kier molecular flexibility index (Phi) is 6.82. The highest BCUT2D eigenvalue weighted by Crippen LogP contribution is 2.20. The van der Waals surface area contributed by atoms with Gasteiger partial charge in [0.25, 0.3) is 5.91 Å². The summed E-state index contributed by atoms with van der Waals surface area (Å²) in [5, 5.41) is 8.11. The van der Waals surface area contributed by atoms with Crippen LogP contribution in [0.25, 0.3) is 0 Å². The van der Waals surface area contributed by atoms with Crippen molar-refractivity contribution < 1.29 is 4.79 Å². The van der Waals surface area contributed by atoms with Crippen LogP contribution in [0.15, 0.2) is 36.5 Å². The smallest absolute Gasteiger partial charge is 0.272 e. The van der Waals surface area contributed by atoms with Gasteiger partial charge in [0.05, 0.1) is 6.04 Å². The molecule has 0 aliphatic heterocycles. The molecule has 1 aromatic carbocycles. The van der Waals surface area contributed by atoms with E-state index < -0.39 is 0 Å². The zero-order valence-corrected chi connectivity index (χ0v) is 15.3. The van der Waals surface area contributed by atoms with E-state index in [4.69, 9.17) is 11.6 Å². The maximum absolute atomic E-state index is 12.5. The summed E-state index contributed by atoms with van der Waals surface area (Å²) in [6, 6.07) is 9.30. The number of carbonyl (C=O) groups excluding carboxylic acids is 1. The topological polar surface area (TPSA) is 50.2 Å². The molecule has 0 saturated carbocycles. The second-order valence-corrected chi connectivity index (χ2v) is 6.57. The van der Waals surface area contributed by atoms with Gasteiger partial charge in [-0.05, 0) is 57.2 Å². The predicted octanol–water partition coefficient (Wildman–Crippen LogP) is 3.37. The van der Waals surface area contributed by atoms with Crippen molar-refractivity contribution in [3.63, 3.8) is 0 Å². The number of aryl methyl sites for hydroxylation is 1. The molecular weight excluding hydrogens is 324 g/mol. The fraction of sp³-hybridized carbons (Fsp3) is 0.444. The van der Waals surface area contributed by atoms with Gasteiger partial charge in [0.15, 0.2) is 0 Å². The van der Waals surface area contributed by atoms with Crippen molar-refractivity contribution in [3.8, 4) is 0 Å². The lowest BCUT2D eigenvalue weighted by molar-refractivity contribution is 0.0926. The fourth-order valence-electron chi connectivity index (χ4n) is 2.47. The van der Waals surface area contributed by atoms with Crippen LogP contribution in [0.4, 0.5) is 0 Å². The van der Waals surface area contributed by atoms with Crippen LogP contribution in [0.3, 0.4) is 0 Å². The van der Waals surface area contributed by atoms with Gasteiger partial charge in [0.2, 0.25) is 0 Å². The van der Waals surface area contributed by atoms with Crippen molar-refractivity contribution in [3.05, 3.63) is 52.8 Å². The van der Waals surface area contributed by atoms with Gasteiger partial charge in [-0.2, -0.15) is 5.10 Å². The summed E-state index contributed by atoms with van der Waals surface area (Å²) >= 11 is 5.97. The average Bonchev–Trinajstić information content (AvgIpc) is 3.01. The van der Waals surface area contributed by atoms with Crippen molar-refractivity contribution in [1.29, 1.82) is 0 Å². The van der Waals surface area contributed by atoms with Crippen molar-refractivity contribution >= 4 is 17.5 Å². The highest BCUT2D eigenvalue weighted by molar-refractivity contribution is 6.30. The number of nitrogens with zero attached hydrogens (tertiary/aromatic N) is 3. The van der Waals surface area contributed by atoms with Crippen LogP contribution in [0.5, 0.6) is 0 Å². The lowest BCUT2D eigenvalue weighted by atomic mass is 10.0. The zero-order chi connectivity index (χ0) is 17.5. The standard InChI is InChI=1S/C18H25ClN4O/c1-4-11-23-13-10-17(21-23)18(24)20-16(9-12-22(2)3)14-5-7-15(19)8-6-14/h5-8,10,13,16H,4,9,11-12H2,1-3H3,(H,20,24). The van der Waals surface area contributed by atoms with Gasteiger partial charge in [0, 0.05) is 17.8 Å². The van der Waals surface area contributed by atoms with E-state index in [2.05, 4.69) is 22.2 Å². The second-order valence-electron chi connectivity index (χ2n) is 6.13. The summed E-state index contributed by atoms with van der Waals surface area (Å²) in [6.45, 7) is 3.77. The molecule has 130 valence electrons. The highest BCUT2D eigenvalue weighted by Gasteiger charge is 2.17. The van der Waals surface area contributed by atoms with Crippen LogP contribution in [-0.2, 0) is 6.54 Å². The Morgan fingerprint density at radius 2 is 2.00 bits per heavy atom. The molecule has 1 aromatic heterocycles.